The van der Waals surface area contributed by atoms with Gasteiger partial charge in [-0.05, 0) is 42.9 Å². The number of fused-ring (bicyclic) bond motifs is 3. The van der Waals surface area contributed by atoms with Gasteiger partial charge in [0.05, 0.1) is 23.9 Å². The summed E-state index contributed by atoms with van der Waals surface area (Å²) in [4.78, 5) is 34.4. The van der Waals surface area contributed by atoms with E-state index in [1.54, 1.807) is 30.6 Å². The fraction of sp³-hybridized carbons (Fsp3) is 0.350. The van der Waals surface area contributed by atoms with Crippen LogP contribution in [0.5, 0.6) is 5.75 Å². The molecule has 1 aliphatic carbocycles. The lowest BCUT2D eigenvalue weighted by molar-refractivity contribution is -0.113. The first-order valence-electron chi connectivity index (χ1n) is 9.15. The quantitative estimate of drug-likeness (QED) is 0.488. The van der Waals surface area contributed by atoms with Gasteiger partial charge in [-0.3, -0.25) is 9.59 Å². The minimum Gasteiger partial charge on any atom is -0.495 e. The summed E-state index contributed by atoms with van der Waals surface area (Å²) in [6.07, 6.45) is 3.06. The number of rotatable bonds is 5. The second-order valence-electron chi connectivity index (χ2n) is 6.94. The Kier molecular flexibility index (Phi) is 5.41. The number of thiophene rings is 1. The number of nitrogens with one attached hydrogen (secondary N) is 2. The van der Waals surface area contributed by atoms with Crippen LogP contribution in [0.2, 0.25) is 0 Å². The van der Waals surface area contributed by atoms with Gasteiger partial charge in [-0.1, -0.05) is 30.8 Å². The molecule has 4 rings (SSSR count). The van der Waals surface area contributed by atoms with Gasteiger partial charge < -0.3 is 15.0 Å². The number of nitrogens with zero attached hydrogens (tertiary/aromatic N) is 1. The first-order chi connectivity index (χ1) is 13.5. The van der Waals surface area contributed by atoms with Crippen LogP contribution in [-0.2, 0) is 17.6 Å². The summed E-state index contributed by atoms with van der Waals surface area (Å²) in [7, 11) is 1.56. The standard InChI is InChI=1S/C20H21N3O3S2/c1-11-7-8-12-15(9-11)28-19-17(12)18(25)22-20(23-19)27-10-16(24)21-13-5-3-4-6-14(13)26-2/h3-6,11H,7-10H2,1-2H3,(H,21,24)(H,22,23,25)/t11-/m1/s1. The molecule has 8 heteroatoms. The van der Waals surface area contributed by atoms with E-state index in [4.69, 9.17) is 4.74 Å². The molecule has 1 atom stereocenters. The molecule has 0 unspecified atom stereocenters. The van der Waals surface area contributed by atoms with Crippen LogP contribution in [0.15, 0.2) is 34.2 Å². The molecule has 2 N–H and O–H groups in total. The van der Waals surface area contributed by atoms with Gasteiger partial charge >= 0.3 is 0 Å². The normalized spacial score (nSPS) is 16.0. The number of methoxy groups -OCH3 is 1. The van der Waals surface area contributed by atoms with Crippen molar-refractivity contribution in [1.29, 1.82) is 0 Å². The van der Waals surface area contributed by atoms with Crippen molar-refractivity contribution in [2.75, 3.05) is 18.2 Å². The van der Waals surface area contributed by atoms with E-state index in [9.17, 15) is 9.59 Å². The van der Waals surface area contributed by atoms with Crippen LogP contribution in [0.1, 0.15) is 23.8 Å². The number of H-pyrrole nitrogens is 1. The van der Waals surface area contributed by atoms with Crippen molar-refractivity contribution in [3.63, 3.8) is 0 Å². The van der Waals surface area contributed by atoms with E-state index in [2.05, 4.69) is 22.2 Å². The number of carbonyl (C=O) groups excluding carboxylic acids is 1. The van der Waals surface area contributed by atoms with Crippen molar-refractivity contribution in [3.05, 3.63) is 45.1 Å². The molecule has 6 nitrogen and oxygen atoms in total. The zero-order valence-electron chi connectivity index (χ0n) is 15.7. The minimum atomic E-state index is -0.184. The molecule has 0 saturated carbocycles. The van der Waals surface area contributed by atoms with E-state index in [-0.39, 0.29) is 17.2 Å². The third-order valence-corrected chi connectivity index (χ3v) is 6.89. The average molecular weight is 416 g/mol. The van der Waals surface area contributed by atoms with Crippen LogP contribution in [0.3, 0.4) is 0 Å². The number of anilines is 1. The Morgan fingerprint density at radius 3 is 3.07 bits per heavy atom. The molecular formula is C20H21N3O3S2. The predicted octanol–water partition coefficient (Wildman–Crippen LogP) is 3.85. The lowest BCUT2D eigenvalue weighted by atomic mass is 9.89. The van der Waals surface area contributed by atoms with Crippen LogP contribution in [-0.4, -0.2) is 28.7 Å². The molecule has 2 aromatic heterocycles. The van der Waals surface area contributed by atoms with Crippen molar-refractivity contribution in [2.45, 2.75) is 31.3 Å². The fourth-order valence-corrected chi connectivity index (χ4v) is 5.57. The molecule has 1 aromatic carbocycles. The van der Waals surface area contributed by atoms with Gasteiger partial charge in [0.2, 0.25) is 5.91 Å². The van der Waals surface area contributed by atoms with E-state index in [0.717, 1.165) is 35.0 Å². The highest BCUT2D eigenvalue weighted by Gasteiger charge is 2.23. The molecular weight excluding hydrogens is 394 g/mol. The molecule has 28 heavy (non-hydrogen) atoms. The Hall–Kier alpha value is -2.32. The summed E-state index contributed by atoms with van der Waals surface area (Å²) >= 11 is 2.84. The zero-order chi connectivity index (χ0) is 19.7. The fourth-order valence-electron chi connectivity index (χ4n) is 3.47. The number of ether oxygens (including phenoxy) is 1. The molecule has 2 heterocycles. The van der Waals surface area contributed by atoms with Gasteiger partial charge in [-0.2, -0.15) is 0 Å². The Labute approximate surface area is 170 Å². The summed E-state index contributed by atoms with van der Waals surface area (Å²) in [5.41, 5.74) is 1.68. The molecule has 0 spiro atoms. The second kappa shape index (κ2) is 7.97. The molecule has 1 amide bonds. The van der Waals surface area contributed by atoms with Crippen LogP contribution >= 0.6 is 23.1 Å². The van der Waals surface area contributed by atoms with Crippen molar-refractivity contribution in [1.82, 2.24) is 9.97 Å². The number of thioether (sulfide) groups is 1. The Morgan fingerprint density at radius 1 is 1.43 bits per heavy atom. The van der Waals surface area contributed by atoms with Crippen LogP contribution in [0, 0.1) is 5.92 Å². The molecule has 0 fully saturated rings. The first-order valence-corrected chi connectivity index (χ1v) is 11.0. The number of aryl methyl sites for hydroxylation is 1. The molecule has 0 radical (unpaired) electrons. The van der Waals surface area contributed by atoms with Gasteiger partial charge in [0.25, 0.3) is 5.56 Å². The van der Waals surface area contributed by atoms with E-state index in [1.807, 2.05) is 12.1 Å². The Balaban J connectivity index is 1.49. The number of hydrogen-bond acceptors (Lipinski definition) is 6. The highest BCUT2D eigenvalue weighted by molar-refractivity contribution is 7.99. The van der Waals surface area contributed by atoms with E-state index < -0.39 is 0 Å². The van der Waals surface area contributed by atoms with Crippen molar-refractivity contribution < 1.29 is 9.53 Å². The molecule has 3 aromatic rings. The summed E-state index contributed by atoms with van der Waals surface area (Å²) in [6.45, 7) is 2.24. The number of hydrogen-bond donors (Lipinski definition) is 2. The average Bonchev–Trinajstić information content (AvgIpc) is 3.04. The third kappa shape index (κ3) is 3.79. The number of carbonyl (C=O) groups is 1. The smallest absolute Gasteiger partial charge is 0.260 e. The summed E-state index contributed by atoms with van der Waals surface area (Å²) in [5, 5.41) is 4.03. The highest BCUT2D eigenvalue weighted by Crippen LogP contribution is 2.36. The lowest BCUT2D eigenvalue weighted by Gasteiger charge is -2.17. The Morgan fingerprint density at radius 2 is 2.25 bits per heavy atom. The molecule has 146 valence electrons. The molecule has 0 bridgehead atoms. The first kappa shape index (κ1) is 19.0. The Bertz CT molecular complexity index is 1090. The van der Waals surface area contributed by atoms with Crippen LogP contribution in [0.4, 0.5) is 5.69 Å². The second-order valence-corrected chi connectivity index (χ2v) is 8.99. The topological polar surface area (TPSA) is 84.1 Å². The van der Waals surface area contributed by atoms with Crippen molar-refractivity contribution in [3.8, 4) is 5.75 Å². The number of aromatic amines is 1. The van der Waals surface area contributed by atoms with Crippen LogP contribution < -0.4 is 15.6 Å². The van der Waals surface area contributed by atoms with Gasteiger partial charge in [0.15, 0.2) is 5.16 Å². The maximum atomic E-state index is 12.6. The number of para-hydroxylation sites is 2. The van der Waals surface area contributed by atoms with Crippen molar-refractivity contribution in [2.24, 2.45) is 5.92 Å². The third-order valence-electron chi connectivity index (χ3n) is 4.86. The zero-order valence-corrected chi connectivity index (χ0v) is 17.3. The highest BCUT2D eigenvalue weighted by atomic mass is 32.2. The van der Waals surface area contributed by atoms with E-state index in [1.165, 1.54) is 16.6 Å². The summed E-state index contributed by atoms with van der Waals surface area (Å²) in [6, 6.07) is 7.24. The van der Waals surface area contributed by atoms with Crippen molar-refractivity contribution >= 4 is 44.9 Å². The summed E-state index contributed by atoms with van der Waals surface area (Å²) < 4.78 is 5.24. The van der Waals surface area contributed by atoms with E-state index >= 15 is 0 Å². The molecule has 1 aliphatic rings. The van der Waals surface area contributed by atoms with Gasteiger partial charge in [0.1, 0.15) is 10.6 Å². The summed E-state index contributed by atoms with van der Waals surface area (Å²) in [5.74, 6) is 1.21. The SMILES string of the molecule is COc1ccccc1NC(=O)CSc1nc2sc3c(c2c(=O)[nH]1)CC[C@@H](C)C3. The lowest BCUT2D eigenvalue weighted by Crippen LogP contribution is -2.16. The largest absolute Gasteiger partial charge is 0.495 e. The van der Waals surface area contributed by atoms with Gasteiger partial charge in [0, 0.05) is 4.88 Å². The number of benzene rings is 1. The van der Waals surface area contributed by atoms with Gasteiger partial charge in [-0.15, -0.1) is 11.3 Å². The van der Waals surface area contributed by atoms with Crippen LogP contribution in [0.25, 0.3) is 10.2 Å². The molecule has 0 saturated heterocycles. The maximum Gasteiger partial charge on any atom is 0.260 e. The van der Waals surface area contributed by atoms with Gasteiger partial charge in [-0.25, -0.2) is 4.98 Å². The number of amides is 1. The monoisotopic (exact) mass is 415 g/mol. The van der Waals surface area contributed by atoms with E-state index in [0.29, 0.717) is 22.5 Å². The minimum absolute atomic E-state index is 0.107. The maximum absolute atomic E-state index is 12.6. The number of aromatic nitrogens is 2. The molecule has 0 aliphatic heterocycles. The predicted molar refractivity (Wildman–Crippen MR) is 114 cm³/mol.